The highest BCUT2D eigenvalue weighted by molar-refractivity contribution is 4.62. The monoisotopic (exact) mass is 450 g/mol. The van der Waals surface area contributed by atoms with Gasteiger partial charge in [0.25, 0.3) is 0 Å². The molecule has 0 aliphatic rings. The molecule has 0 saturated carbocycles. The molecule has 1 radical (unpaired) electrons. The number of hydrogen-bond donors (Lipinski definition) is 0. The van der Waals surface area contributed by atoms with Crippen LogP contribution < -0.4 is 0 Å². The van der Waals surface area contributed by atoms with E-state index in [0.717, 1.165) is 12.3 Å². The molecule has 0 fully saturated rings. The number of unbranched alkanes of at least 4 members (excludes halogenated alkanes) is 22. The highest BCUT2D eigenvalue weighted by Gasteiger charge is 2.08. The summed E-state index contributed by atoms with van der Waals surface area (Å²) >= 11 is 0. The molecule has 0 heterocycles. The van der Waals surface area contributed by atoms with Gasteiger partial charge in [-0.2, -0.15) is 0 Å². The van der Waals surface area contributed by atoms with E-state index >= 15 is 0 Å². The minimum atomic E-state index is 0.999. The second-order valence-corrected chi connectivity index (χ2v) is 10.9. The van der Waals surface area contributed by atoms with E-state index in [1.165, 1.54) is 173 Å². The van der Waals surface area contributed by atoms with Crippen LogP contribution in [0.25, 0.3) is 0 Å². The Morgan fingerprint density at radius 3 is 0.875 bits per heavy atom. The fourth-order valence-corrected chi connectivity index (χ4v) is 5.24. The van der Waals surface area contributed by atoms with E-state index in [2.05, 4.69) is 20.8 Å². The van der Waals surface area contributed by atoms with E-state index in [1.54, 1.807) is 0 Å². The first-order chi connectivity index (χ1) is 15.8. The molecule has 32 heavy (non-hydrogen) atoms. The molecular formula is C32H65. The summed E-state index contributed by atoms with van der Waals surface area (Å²) in [5, 5.41) is 0. The van der Waals surface area contributed by atoms with Crippen molar-refractivity contribution >= 4 is 0 Å². The van der Waals surface area contributed by atoms with Crippen LogP contribution in [0, 0.1) is 12.8 Å². The van der Waals surface area contributed by atoms with Crippen molar-refractivity contribution in [2.75, 3.05) is 0 Å². The van der Waals surface area contributed by atoms with E-state index in [1.807, 2.05) is 0 Å². The summed E-state index contributed by atoms with van der Waals surface area (Å²) in [6.07, 6.45) is 40.6. The minimum absolute atomic E-state index is 0.999. The molecule has 0 aliphatic carbocycles. The molecule has 0 spiro atoms. The third-order valence-corrected chi connectivity index (χ3v) is 7.54. The lowest BCUT2D eigenvalue weighted by molar-refractivity contribution is 0.372. The van der Waals surface area contributed by atoms with Gasteiger partial charge < -0.3 is 0 Å². The SMILES string of the molecule is [CH2]CCCC(CCCCCCCC)CCCCCCCCCCCCCCCCCCC. The molecule has 0 N–H and O–H groups in total. The summed E-state index contributed by atoms with van der Waals surface area (Å²) in [6, 6.07) is 0. The third-order valence-electron chi connectivity index (χ3n) is 7.54. The van der Waals surface area contributed by atoms with E-state index in [-0.39, 0.29) is 0 Å². The van der Waals surface area contributed by atoms with Gasteiger partial charge in [0.2, 0.25) is 0 Å². The van der Waals surface area contributed by atoms with Crippen LogP contribution in [0.2, 0.25) is 0 Å². The summed E-state index contributed by atoms with van der Waals surface area (Å²) in [4.78, 5) is 0. The van der Waals surface area contributed by atoms with Gasteiger partial charge >= 0.3 is 0 Å². The number of hydrogen-bond acceptors (Lipinski definition) is 0. The smallest absolute Gasteiger partial charge is 0.0414 e. The average Bonchev–Trinajstić information content (AvgIpc) is 2.81. The van der Waals surface area contributed by atoms with Crippen LogP contribution in [0.4, 0.5) is 0 Å². The predicted molar refractivity (Wildman–Crippen MR) is 149 cm³/mol. The first-order valence-electron chi connectivity index (χ1n) is 15.6. The molecule has 0 nitrogen and oxygen atoms in total. The Bertz CT molecular complexity index is 307. The van der Waals surface area contributed by atoms with Crippen molar-refractivity contribution in [2.24, 2.45) is 5.92 Å². The first kappa shape index (κ1) is 32.0. The second kappa shape index (κ2) is 29.0. The van der Waals surface area contributed by atoms with Crippen molar-refractivity contribution in [1.29, 1.82) is 0 Å². The van der Waals surface area contributed by atoms with Crippen molar-refractivity contribution in [3.63, 3.8) is 0 Å². The van der Waals surface area contributed by atoms with E-state index in [0.29, 0.717) is 0 Å². The van der Waals surface area contributed by atoms with Crippen LogP contribution in [0.5, 0.6) is 0 Å². The van der Waals surface area contributed by atoms with Gasteiger partial charge in [0.1, 0.15) is 0 Å². The van der Waals surface area contributed by atoms with Gasteiger partial charge in [0.15, 0.2) is 0 Å². The maximum Gasteiger partial charge on any atom is -0.0414 e. The molecule has 0 saturated heterocycles. The summed E-state index contributed by atoms with van der Waals surface area (Å²) in [5.41, 5.74) is 0. The van der Waals surface area contributed by atoms with Crippen LogP contribution >= 0.6 is 0 Å². The summed E-state index contributed by atoms with van der Waals surface area (Å²) in [6.45, 7) is 8.69. The molecule has 0 aromatic heterocycles. The lowest BCUT2D eigenvalue weighted by Crippen LogP contribution is -2.01. The molecule has 0 aliphatic heterocycles. The van der Waals surface area contributed by atoms with E-state index < -0.39 is 0 Å². The Hall–Kier alpha value is 0. The van der Waals surface area contributed by atoms with Crippen LogP contribution in [0.1, 0.15) is 194 Å². The zero-order valence-corrected chi connectivity index (χ0v) is 23.1. The highest BCUT2D eigenvalue weighted by Crippen LogP contribution is 2.24. The van der Waals surface area contributed by atoms with E-state index in [9.17, 15) is 0 Å². The lowest BCUT2D eigenvalue weighted by Gasteiger charge is -2.16. The predicted octanol–water partition coefficient (Wildman–Crippen LogP) is 12.4. The third kappa shape index (κ3) is 26.3. The molecule has 0 heteroatoms. The Labute approximate surface area is 206 Å². The maximum absolute atomic E-state index is 4.07. The van der Waals surface area contributed by atoms with Gasteiger partial charge in [0, 0.05) is 0 Å². The molecule has 0 aromatic carbocycles. The Morgan fingerprint density at radius 2 is 0.594 bits per heavy atom. The highest BCUT2D eigenvalue weighted by atomic mass is 14.1. The standard InChI is InChI=1S/C32H65/c1-4-7-10-12-14-15-16-17-18-19-20-21-22-23-24-26-28-31-32(29-9-6-3)30-27-25-13-11-8-5-2/h32H,3-31H2,1-2H3. The molecule has 0 amide bonds. The quantitative estimate of drug-likeness (QED) is 0.104. The molecule has 0 rings (SSSR count). The zero-order chi connectivity index (χ0) is 23.4. The van der Waals surface area contributed by atoms with Crippen molar-refractivity contribution in [3.8, 4) is 0 Å². The van der Waals surface area contributed by atoms with Crippen LogP contribution in [-0.2, 0) is 0 Å². The van der Waals surface area contributed by atoms with Gasteiger partial charge in [-0.3, -0.25) is 0 Å². The Morgan fingerprint density at radius 1 is 0.344 bits per heavy atom. The van der Waals surface area contributed by atoms with Gasteiger partial charge in [-0.25, -0.2) is 0 Å². The van der Waals surface area contributed by atoms with Crippen LogP contribution in [-0.4, -0.2) is 0 Å². The summed E-state index contributed by atoms with van der Waals surface area (Å²) in [7, 11) is 0. The molecular weight excluding hydrogens is 384 g/mol. The molecule has 0 aromatic rings. The van der Waals surface area contributed by atoms with Gasteiger partial charge in [-0.15, -0.1) is 0 Å². The number of rotatable bonds is 28. The van der Waals surface area contributed by atoms with Crippen LogP contribution in [0.15, 0.2) is 0 Å². The Kier molecular flexibility index (Phi) is 29.0. The normalized spacial score (nSPS) is 12.5. The topological polar surface area (TPSA) is 0 Å². The fourth-order valence-electron chi connectivity index (χ4n) is 5.24. The summed E-state index contributed by atoms with van der Waals surface area (Å²) < 4.78 is 0. The molecule has 193 valence electrons. The second-order valence-electron chi connectivity index (χ2n) is 10.9. The van der Waals surface area contributed by atoms with Crippen molar-refractivity contribution in [3.05, 3.63) is 6.92 Å². The molecule has 1 atom stereocenters. The van der Waals surface area contributed by atoms with Crippen LogP contribution in [0.3, 0.4) is 0 Å². The first-order valence-corrected chi connectivity index (χ1v) is 15.6. The maximum atomic E-state index is 4.07. The molecule has 0 bridgehead atoms. The van der Waals surface area contributed by atoms with Crippen molar-refractivity contribution in [1.82, 2.24) is 0 Å². The Balaban J connectivity index is 3.38. The minimum Gasteiger partial charge on any atom is -0.0654 e. The molecule has 1 unspecified atom stereocenters. The average molecular weight is 450 g/mol. The van der Waals surface area contributed by atoms with E-state index in [4.69, 9.17) is 0 Å². The fraction of sp³-hybridized carbons (Fsp3) is 0.969. The summed E-state index contributed by atoms with van der Waals surface area (Å²) in [5.74, 6) is 0.999. The van der Waals surface area contributed by atoms with Gasteiger partial charge in [-0.05, 0) is 5.92 Å². The van der Waals surface area contributed by atoms with Crippen molar-refractivity contribution < 1.29 is 0 Å². The van der Waals surface area contributed by atoms with Gasteiger partial charge in [0.05, 0.1) is 0 Å². The van der Waals surface area contributed by atoms with Crippen molar-refractivity contribution in [2.45, 2.75) is 194 Å². The lowest BCUT2D eigenvalue weighted by atomic mass is 9.90. The van der Waals surface area contributed by atoms with Gasteiger partial charge in [-0.1, -0.05) is 201 Å². The largest absolute Gasteiger partial charge is 0.0654 e. The zero-order valence-electron chi connectivity index (χ0n) is 23.1.